The molecule has 0 aliphatic heterocycles. The highest BCUT2D eigenvalue weighted by Crippen LogP contribution is 2.26. The van der Waals surface area contributed by atoms with Gasteiger partial charge in [0, 0.05) is 5.57 Å². The fourth-order valence-corrected chi connectivity index (χ4v) is 2.65. The van der Waals surface area contributed by atoms with E-state index in [0.29, 0.717) is 12.2 Å². The van der Waals surface area contributed by atoms with Crippen molar-refractivity contribution in [2.75, 3.05) is 13.2 Å². The van der Waals surface area contributed by atoms with E-state index in [1.807, 2.05) is 42.5 Å². The van der Waals surface area contributed by atoms with Gasteiger partial charge in [-0.3, -0.25) is 0 Å². The summed E-state index contributed by atoms with van der Waals surface area (Å²) in [6.07, 6.45) is 0. The monoisotopic (exact) mass is 358 g/mol. The van der Waals surface area contributed by atoms with Crippen molar-refractivity contribution in [2.45, 2.75) is 6.92 Å². The first kappa shape index (κ1) is 18.5. The molecule has 0 aliphatic rings. The molecule has 0 saturated heterocycles. The Labute approximate surface area is 159 Å². The molecular formula is C24H22O3. The smallest absolute Gasteiger partial charge is 0.333 e. The van der Waals surface area contributed by atoms with Crippen LogP contribution in [0.5, 0.6) is 5.75 Å². The first-order valence-electron chi connectivity index (χ1n) is 8.85. The largest absolute Gasteiger partial charge is 0.490 e. The van der Waals surface area contributed by atoms with Gasteiger partial charge in [-0.25, -0.2) is 4.79 Å². The number of carbonyl (C=O) groups is 1. The summed E-state index contributed by atoms with van der Waals surface area (Å²) in [6.45, 7) is 5.67. The van der Waals surface area contributed by atoms with Gasteiger partial charge >= 0.3 is 5.97 Å². The number of ether oxygens (including phenoxy) is 2. The molecule has 3 rings (SSSR count). The number of esters is 1. The van der Waals surface area contributed by atoms with Crippen molar-refractivity contribution in [3.05, 3.63) is 91.0 Å². The lowest BCUT2D eigenvalue weighted by Crippen LogP contribution is -2.12. The van der Waals surface area contributed by atoms with Gasteiger partial charge < -0.3 is 9.47 Å². The van der Waals surface area contributed by atoms with E-state index in [9.17, 15) is 4.79 Å². The van der Waals surface area contributed by atoms with Gasteiger partial charge in [0.25, 0.3) is 0 Å². The average Bonchev–Trinajstić information content (AvgIpc) is 2.72. The number of benzene rings is 3. The second-order valence-corrected chi connectivity index (χ2v) is 6.23. The maximum atomic E-state index is 11.3. The normalized spacial score (nSPS) is 10.3. The van der Waals surface area contributed by atoms with Gasteiger partial charge in [-0.15, -0.1) is 0 Å². The van der Waals surface area contributed by atoms with Crippen LogP contribution in [0.3, 0.4) is 0 Å². The van der Waals surface area contributed by atoms with Crippen molar-refractivity contribution < 1.29 is 14.3 Å². The maximum absolute atomic E-state index is 11.3. The van der Waals surface area contributed by atoms with Gasteiger partial charge in [0.05, 0.1) is 0 Å². The van der Waals surface area contributed by atoms with Crippen molar-refractivity contribution >= 4 is 5.97 Å². The number of rotatable bonds is 7. The lowest BCUT2D eigenvalue weighted by atomic mass is 10.0. The fraction of sp³-hybridized carbons (Fsp3) is 0.125. The number of carbonyl (C=O) groups excluding carboxylic acids is 1. The van der Waals surface area contributed by atoms with Gasteiger partial charge in [0.2, 0.25) is 0 Å². The Morgan fingerprint density at radius 1 is 0.741 bits per heavy atom. The molecule has 0 unspecified atom stereocenters. The Kier molecular flexibility index (Phi) is 6.06. The van der Waals surface area contributed by atoms with Crippen LogP contribution >= 0.6 is 0 Å². The molecule has 3 heteroatoms. The minimum atomic E-state index is -0.395. The number of hydrogen-bond donors (Lipinski definition) is 0. The van der Waals surface area contributed by atoms with Crippen molar-refractivity contribution in [2.24, 2.45) is 0 Å². The molecule has 0 atom stereocenters. The minimum absolute atomic E-state index is 0.203. The van der Waals surface area contributed by atoms with E-state index in [-0.39, 0.29) is 6.61 Å². The van der Waals surface area contributed by atoms with Crippen molar-refractivity contribution in [3.63, 3.8) is 0 Å². The molecule has 3 aromatic rings. The summed E-state index contributed by atoms with van der Waals surface area (Å²) in [5.41, 5.74) is 5.06. The van der Waals surface area contributed by atoms with E-state index in [1.54, 1.807) is 6.92 Å². The quantitative estimate of drug-likeness (QED) is 0.317. The Balaban J connectivity index is 1.57. The van der Waals surface area contributed by atoms with Crippen LogP contribution in [0.1, 0.15) is 6.92 Å². The minimum Gasteiger partial charge on any atom is -0.490 e. The van der Waals surface area contributed by atoms with Crippen molar-refractivity contribution in [1.29, 1.82) is 0 Å². The summed E-state index contributed by atoms with van der Waals surface area (Å²) in [5, 5.41) is 0. The highest BCUT2D eigenvalue weighted by Gasteiger charge is 2.04. The van der Waals surface area contributed by atoms with Crippen LogP contribution in [0.15, 0.2) is 91.0 Å². The molecule has 3 aromatic carbocycles. The van der Waals surface area contributed by atoms with E-state index >= 15 is 0 Å². The van der Waals surface area contributed by atoms with E-state index < -0.39 is 5.97 Å². The molecule has 0 aromatic heterocycles. The Morgan fingerprint density at radius 3 is 1.74 bits per heavy atom. The highest BCUT2D eigenvalue weighted by atomic mass is 16.6. The summed E-state index contributed by atoms with van der Waals surface area (Å²) >= 11 is 0. The van der Waals surface area contributed by atoms with E-state index in [0.717, 1.165) is 16.9 Å². The molecule has 0 bridgehead atoms. The molecule has 0 spiro atoms. The molecular weight excluding hydrogens is 336 g/mol. The van der Waals surface area contributed by atoms with E-state index in [2.05, 4.69) is 43.0 Å². The van der Waals surface area contributed by atoms with E-state index in [1.165, 1.54) is 11.1 Å². The third-order valence-corrected chi connectivity index (χ3v) is 4.11. The van der Waals surface area contributed by atoms with Crippen molar-refractivity contribution in [3.8, 4) is 28.0 Å². The van der Waals surface area contributed by atoms with Gasteiger partial charge in [0.1, 0.15) is 19.0 Å². The van der Waals surface area contributed by atoms with Crippen LogP contribution < -0.4 is 4.74 Å². The zero-order valence-corrected chi connectivity index (χ0v) is 15.4. The molecule has 0 aliphatic carbocycles. The molecule has 3 nitrogen and oxygen atoms in total. The molecule has 0 heterocycles. The molecule has 27 heavy (non-hydrogen) atoms. The van der Waals surface area contributed by atoms with Gasteiger partial charge in [-0.05, 0) is 41.3 Å². The van der Waals surface area contributed by atoms with Crippen LogP contribution in [0.25, 0.3) is 22.3 Å². The molecule has 0 fully saturated rings. The van der Waals surface area contributed by atoms with Crippen LogP contribution in [0.2, 0.25) is 0 Å². The van der Waals surface area contributed by atoms with Gasteiger partial charge in [-0.1, -0.05) is 73.3 Å². The lowest BCUT2D eigenvalue weighted by Gasteiger charge is -2.09. The molecule has 0 amide bonds. The molecule has 0 saturated carbocycles. The number of hydrogen-bond acceptors (Lipinski definition) is 3. The Morgan fingerprint density at radius 2 is 1.22 bits per heavy atom. The standard InChI is InChI=1S/C24H22O3/c1-18(2)24(25)27-17-16-26-23-14-12-22(13-15-23)21-10-8-20(9-11-21)19-6-4-3-5-7-19/h3-15H,1,16-17H2,2H3. The predicted molar refractivity (Wildman–Crippen MR) is 109 cm³/mol. The first-order chi connectivity index (χ1) is 13.1. The van der Waals surface area contributed by atoms with Crippen LogP contribution in [-0.4, -0.2) is 19.2 Å². The fourth-order valence-electron chi connectivity index (χ4n) is 2.65. The second kappa shape index (κ2) is 8.86. The molecule has 0 N–H and O–H groups in total. The first-order valence-corrected chi connectivity index (χ1v) is 8.85. The van der Waals surface area contributed by atoms with E-state index in [4.69, 9.17) is 9.47 Å². The third kappa shape index (κ3) is 5.08. The van der Waals surface area contributed by atoms with Gasteiger partial charge in [-0.2, -0.15) is 0 Å². The van der Waals surface area contributed by atoms with Crippen LogP contribution in [-0.2, 0) is 9.53 Å². The Bertz CT molecular complexity index is 895. The second-order valence-electron chi connectivity index (χ2n) is 6.23. The Hall–Kier alpha value is -3.33. The maximum Gasteiger partial charge on any atom is 0.333 e. The molecule has 0 radical (unpaired) electrons. The zero-order chi connectivity index (χ0) is 19.1. The van der Waals surface area contributed by atoms with Gasteiger partial charge in [0.15, 0.2) is 0 Å². The summed E-state index contributed by atoms with van der Waals surface area (Å²) in [5.74, 6) is 0.346. The highest BCUT2D eigenvalue weighted by molar-refractivity contribution is 5.86. The summed E-state index contributed by atoms with van der Waals surface area (Å²) < 4.78 is 10.6. The summed E-state index contributed by atoms with van der Waals surface area (Å²) in [6, 6.07) is 26.7. The average molecular weight is 358 g/mol. The zero-order valence-electron chi connectivity index (χ0n) is 15.4. The van der Waals surface area contributed by atoms with Crippen LogP contribution in [0, 0.1) is 0 Å². The van der Waals surface area contributed by atoms with Crippen molar-refractivity contribution in [1.82, 2.24) is 0 Å². The summed E-state index contributed by atoms with van der Waals surface area (Å²) in [4.78, 5) is 11.3. The molecule has 136 valence electrons. The SMILES string of the molecule is C=C(C)C(=O)OCCOc1ccc(-c2ccc(-c3ccccc3)cc2)cc1. The topological polar surface area (TPSA) is 35.5 Å². The lowest BCUT2D eigenvalue weighted by molar-refractivity contribution is -0.139. The summed E-state index contributed by atoms with van der Waals surface area (Å²) in [7, 11) is 0. The van der Waals surface area contributed by atoms with Crippen LogP contribution in [0.4, 0.5) is 0 Å². The predicted octanol–water partition coefficient (Wildman–Crippen LogP) is 5.52. The third-order valence-electron chi connectivity index (χ3n) is 4.11.